The summed E-state index contributed by atoms with van der Waals surface area (Å²) in [4.78, 5) is 30.8. The predicted molar refractivity (Wildman–Crippen MR) is 133 cm³/mol. The molecule has 3 heterocycles. The van der Waals surface area contributed by atoms with Crippen molar-refractivity contribution in [1.29, 1.82) is 0 Å². The number of halogens is 1. The minimum absolute atomic E-state index is 0.128. The lowest BCUT2D eigenvalue weighted by Crippen LogP contribution is -2.23. The molecule has 3 aromatic heterocycles. The molecule has 0 bridgehead atoms. The first kappa shape index (κ1) is 22.4. The monoisotopic (exact) mass is 496 g/mol. The highest BCUT2D eigenvalue weighted by molar-refractivity contribution is 7.98. The molecule has 174 valence electrons. The van der Waals surface area contributed by atoms with Crippen LogP contribution in [0.3, 0.4) is 0 Å². The molecular formula is C23H21ClN6O3S. The summed E-state index contributed by atoms with van der Waals surface area (Å²) in [7, 11) is 1.56. The van der Waals surface area contributed by atoms with Crippen molar-refractivity contribution in [1.82, 2.24) is 28.7 Å². The number of nitrogens with zero attached hydrogens (tertiary/aromatic N) is 6. The van der Waals surface area contributed by atoms with Crippen LogP contribution in [0.1, 0.15) is 19.7 Å². The zero-order valence-corrected chi connectivity index (χ0v) is 20.4. The maximum absolute atomic E-state index is 13.1. The zero-order valence-electron chi connectivity index (χ0n) is 18.8. The van der Waals surface area contributed by atoms with E-state index in [-0.39, 0.29) is 11.1 Å². The Bertz CT molecular complexity index is 1690. The Morgan fingerprint density at radius 2 is 1.74 bits per heavy atom. The predicted octanol–water partition coefficient (Wildman–Crippen LogP) is 3.75. The Kier molecular flexibility index (Phi) is 5.78. The average molecular weight is 497 g/mol. The Morgan fingerprint density at radius 3 is 2.47 bits per heavy atom. The summed E-state index contributed by atoms with van der Waals surface area (Å²) in [5.74, 6) is 2.07. The summed E-state index contributed by atoms with van der Waals surface area (Å²) in [5.41, 5.74) is 0.974. The van der Waals surface area contributed by atoms with Gasteiger partial charge in [0.2, 0.25) is 5.78 Å². The number of thioether (sulfide) groups is 1. The third-order valence-corrected chi connectivity index (χ3v) is 6.93. The summed E-state index contributed by atoms with van der Waals surface area (Å²) in [6.07, 6.45) is 0. The van der Waals surface area contributed by atoms with Crippen molar-refractivity contribution in [2.24, 2.45) is 0 Å². The summed E-state index contributed by atoms with van der Waals surface area (Å²) >= 11 is 7.64. The van der Waals surface area contributed by atoms with Gasteiger partial charge in [-0.25, -0.2) is 4.98 Å². The van der Waals surface area contributed by atoms with Crippen LogP contribution in [0.2, 0.25) is 5.02 Å². The first-order valence-corrected chi connectivity index (χ1v) is 12.1. The molecule has 0 atom stereocenters. The average Bonchev–Trinajstić information content (AvgIpc) is 3.26. The van der Waals surface area contributed by atoms with E-state index in [9.17, 15) is 9.59 Å². The molecule has 34 heavy (non-hydrogen) atoms. The Labute approximate surface area is 203 Å². The molecule has 2 aromatic carbocycles. The van der Waals surface area contributed by atoms with E-state index >= 15 is 0 Å². The Hall–Kier alpha value is -3.37. The summed E-state index contributed by atoms with van der Waals surface area (Å²) < 4.78 is 10.3. The topological polar surface area (TPSA) is 96.3 Å². The molecule has 0 unspecified atom stereocenters. The van der Waals surface area contributed by atoms with Crippen LogP contribution in [-0.4, -0.2) is 35.8 Å². The number of fused-ring (bicyclic) bond motifs is 4. The molecule has 0 aliphatic rings. The second kappa shape index (κ2) is 8.77. The standard InChI is InChI=1S/C23H21ClN6O3S/c1-4-28-20(31)15-8-6-13(24)10-18(15)30-19(26-27-22(28)30)12-34-23-25-17-9-7-14(33-3)11-16(17)21(32)29(23)5-2/h6-11H,4-5,12H2,1-3H3. The van der Waals surface area contributed by atoms with Gasteiger partial charge in [-0.2, -0.15) is 0 Å². The van der Waals surface area contributed by atoms with Gasteiger partial charge in [0.1, 0.15) is 11.6 Å². The molecule has 0 radical (unpaired) electrons. The molecule has 0 N–H and O–H groups in total. The van der Waals surface area contributed by atoms with E-state index in [1.54, 1.807) is 52.6 Å². The maximum atomic E-state index is 13.1. The van der Waals surface area contributed by atoms with Crippen LogP contribution < -0.4 is 15.9 Å². The van der Waals surface area contributed by atoms with E-state index in [4.69, 9.17) is 21.3 Å². The van der Waals surface area contributed by atoms with Crippen LogP contribution in [0.25, 0.3) is 27.6 Å². The third kappa shape index (κ3) is 3.54. The van der Waals surface area contributed by atoms with Gasteiger partial charge in [-0.3, -0.25) is 23.1 Å². The zero-order chi connectivity index (χ0) is 24.0. The summed E-state index contributed by atoms with van der Waals surface area (Å²) in [6.45, 7) is 4.72. The van der Waals surface area contributed by atoms with Gasteiger partial charge in [-0.15, -0.1) is 10.2 Å². The smallest absolute Gasteiger partial charge is 0.262 e. The molecule has 0 saturated heterocycles. The van der Waals surface area contributed by atoms with Crippen molar-refractivity contribution in [3.63, 3.8) is 0 Å². The van der Waals surface area contributed by atoms with E-state index in [1.807, 2.05) is 18.2 Å². The summed E-state index contributed by atoms with van der Waals surface area (Å²) in [5, 5.41) is 10.8. The maximum Gasteiger partial charge on any atom is 0.262 e. The fourth-order valence-electron chi connectivity index (χ4n) is 4.04. The molecular weight excluding hydrogens is 476 g/mol. The molecule has 11 heteroatoms. The van der Waals surface area contributed by atoms with Crippen LogP contribution in [0.5, 0.6) is 5.75 Å². The highest BCUT2D eigenvalue weighted by Crippen LogP contribution is 2.25. The molecule has 0 aliphatic heterocycles. The SMILES string of the molecule is CCn1c(SCc2nnc3n(CC)c(=O)c4ccc(Cl)cc4n23)nc2ccc(OC)cc2c1=O. The molecule has 0 saturated carbocycles. The van der Waals surface area contributed by atoms with Gasteiger partial charge in [0.25, 0.3) is 11.1 Å². The van der Waals surface area contributed by atoms with Crippen LogP contribution in [0.4, 0.5) is 0 Å². The minimum atomic E-state index is -0.139. The normalized spacial score (nSPS) is 11.6. The third-order valence-electron chi connectivity index (χ3n) is 5.72. The van der Waals surface area contributed by atoms with E-state index in [2.05, 4.69) is 10.2 Å². The minimum Gasteiger partial charge on any atom is -0.497 e. The highest BCUT2D eigenvalue weighted by atomic mass is 35.5. The number of ether oxygens (including phenoxy) is 1. The lowest BCUT2D eigenvalue weighted by Gasteiger charge is -2.12. The van der Waals surface area contributed by atoms with Crippen LogP contribution in [0, 0.1) is 0 Å². The van der Waals surface area contributed by atoms with Crippen molar-refractivity contribution in [3.8, 4) is 5.75 Å². The van der Waals surface area contributed by atoms with Gasteiger partial charge in [0, 0.05) is 18.1 Å². The number of aromatic nitrogens is 6. The second-order valence-electron chi connectivity index (χ2n) is 7.58. The van der Waals surface area contributed by atoms with E-state index in [1.165, 1.54) is 11.8 Å². The van der Waals surface area contributed by atoms with E-state index in [0.29, 0.717) is 68.2 Å². The molecule has 5 rings (SSSR count). The van der Waals surface area contributed by atoms with Crippen LogP contribution >= 0.6 is 23.4 Å². The number of benzene rings is 2. The summed E-state index contributed by atoms with van der Waals surface area (Å²) in [6, 6.07) is 10.4. The number of hydrogen-bond acceptors (Lipinski definition) is 7. The van der Waals surface area contributed by atoms with E-state index < -0.39 is 0 Å². The van der Waals surface area contributed by atoms with Gasteiger partial charge in [-0.1, -0.05) is 23.4 Å². The largest absolute Gasteiger partial charge is 0.497 e. The van der Waals surface area contributed by atoms with Crippen molar-refractivity contribution in [2.75, 3.05) is 7.11 Å². The fourth-order valence-corrected chi connectivity index (χ4v) is 5.18. The lowest BCUT2D eigenvalue weighted by molar-refractivity contribution is 0.415. The van der Waals surface area contributed by atoms with Crippen LogP contribution in [0.15, 0.2) is 51.1 Å². The van der Waals surface area contributed by atoms with Crippen LogP contribution in [-0.2, 0) is 18.8 Å². The number of hydrogen-bond donors (Lipinski definition) is 0. The van der Waals surface area contributed by atoms with Crippen molar-refractivity contribution >= 4 is 50.9 Å². The van der Waals surface area contributed by atoms with Crippen molar-refractivity contribution in [2.45, 2.75) is 37.8 Å². The molecule has 0 spiro atoms. The number of rotatable bonds is 6. The van der Waals surface area contributed by atoms with Gasteiger partial charge in [-0.05, 0) is 50.2 Å². The molecule has 5 aromatic rings. The Balaban J connectivity index is 1.63. The quantitative estimate of drug-likeness (QED) is 0.261. The second-order valence-corrected chi connectivity index (χ2v) is 8.96. The first-order valence-electron chi connectivity index (χ1n) is 10.7. The number of methoxy groups -OCH3 is 1. The van der Waals surface area contributed by atoms with Gasteiger partial charge < -0.3 is 4.74 Å². The molecule has 0 fully saturated rings. The first-order chi connectivity index (χ1) is 16.5. The number of aryl methyl sites for hydroxylation is 1. The highest BCUT2D eigenvalue weighted by Gasteiger charge is 2.18. The van der Waals surface area contributed by atoms with Gasteiger partial charge in [0.05, 0.1) is 34.7 Å². The molecule has 0 amide bonds. The van der Waals surface area contributed by atoms with Gasteiger partial charge in [0.15, 0.2) is 5.16 Å². The molecule has 9 nitrogen and oxygen atoms in total. The lowest BCUT2D eigenvalue weighted by atomic mass is 10.2. The fraction of sp³-hybridized carbons (Fsp3) is 0.261. The Morgan fingerprint density at radius 1 is 0.971 bits per heavy atom. The molecule has 0 aliphatic carbocycles. The van der Waals surface area contributed by atoms with E-state index in [0.717, 1.165) is 0 Å². The van der Waals surface area contributed by atoms with Crippen molar-refractivity contribution < 1.29 is 4.74 Å². The van der Waals surface area contributed by atoms with Gasteiger partial charge >= 0.3 is 0 Å². The van der Waals surface area contributed by atoms with Crippen molar-refractivity contribution in [3.05, 3.63) is 68.0 Å².